The SMILES string of the molecule is CCCNC(CCN(C)C(C)C)c1cccc(F)c1. The largest absolute Gasteiger partial charge is 0.310 e. The van der Waals surface area contributed by atoms with Crippen molar-refractivity contribution in [3.05, 3.63) is 35.6 Å². The minimum atomic E-state index is -0.155. The summed E-state index contributed by atoms with van der Waals surface area (Å²) in [6, 6.07) is 7.71. The minimum absolute atomic E-state index is 0.155. The van der Waals surface area contributed by atoms with Crippen LogP contribution >= 0.6 is 0 Å². The molecular formula is C16H27FN2. The fourth-order valence-corrected chi connectivity index (χ4v) is 2.02. The molecule has 19 heavy (non-hydrogen) atoms. The summed E-state index contributed by atoms with van der Waals surface area (Å²) in [5.41, 5.74) is 1.05. The van der Waals surface area contributed by atoms with E-state index in [-0.39, 0.29) is 11.9 Å². The lowest BCUT2D eigenvalue weighted by atomic mass is 10.0. The van der Waals surface area contributed by atoms with Crippen LogP contribution in [0.3, 0.4) is 0 Å². The summed E-state index contributed by atoms with van der Waals surface area (Å²) in [7, 11) is 2.13. The van der Waals surface area contributed by atoms with Gasteiger partial charge in [0.1, 0.15) is 5.82 Å². The Morgan fingerprint density at radius 1 is 1.32 bits per heavy atom. The summed E-state index contributed by atoms with van der Waals surface area (Å²) in [5.74, 6) is -0.155. The molecule has 0 heterocycles. The molecule has 0 fully saturated rings. The highest BCUT2D eigenvalue weighted by atomic mass is 19.1. The van der Waals surface area contributed by atoms with Crippen LogP contribution in [-0.4, -0.2) is 31.1 Å². The van der Waals surface area contributed by atoms with Crippen molar-refractivity contribution in [2.75, 3.05) is 20.1 Å². The van der Waals surface area contributed by atoms with Gasteiger partial charge in [0.15, 0.2) is 0 Å². The number of nitrogens with zero attached hydrogens (tertiary/aromatic N) is 1. The van der Waals surface area contributed by atoms with E-state index in [4.69, 9.17) is 0 Å². The van der Waals surface area contributed by atoms with Gasteiger partial charge in [0.25, 0.3) is 0 Å². The van der Waals surface area contributed by atoms with Crippen LogP contribution in [0.25, 0.3) is 0 Å². The molecule has 1 atom stereocenters. The Morgan fingerprint density at radius 3 is 2.63 bits per heavy atom. The van der Waals surface area contributed by atoms with Crippen molar-refractivity contribution < 1.29 is 4.39 Å². The number of nitrogens with one attached hydrogen (secondary N) is 1. The van der Waals surface area contributed by atoms with Crippen LogP contribution in [0.5, 0.6) is 0 Å². The fourth-order valence-electron chi connectivity index (χ4n) is 2.02. The highest BCUT2D eigenvalue weighted by Gasteiger charge is 2.13. The van der Waals surface area contributed by atoms with Gasteiger partial charge in [0.2, 0.25) is 0 Å². The van der Waals surface area contributed by atoms with Crippen molar-refractivity contribution in [1.29, 1.82) is 0 Å². The lowest BCUT2D eigenvalue weighted by Gasteiger charge is -2.25. The van der Waals surface area contributed by atoms with Crippen molar-refractivity contribution in [2.45, 2.75) is 45.7 Å². The minimum Gasteiger partial charge on any atom is -0.310 e. The molecule has 3 heteroatoms. The molecule has 2 nitrogen and oxygen atoms in total. The maximum absolute atomic E-state index is 13.3. The Labute approximate surface area is 117 Å². The molecule has 0 aliphatic rings. The first kappa shape index (κ1) is 16.1. The second kappa shape index (κ2) is 8.28. The predicted octanol–water partition coefficient (Wildman–Crippen LogP) is 3.60. The summed E-state index contributed by atoms with van der Waals surface area (Å²) < 4.78 is 13.3. The van der Waals surface area contributed by atoms with E-state index in [1.807, 2.05) is 6.07 Å². The average Bonchev–Trinajstić information content (AvgIpc) is 2.38. The van der Waals surface area contributed by atoms with Crippen LogP contribution in [0.4, 0.5) is 4.39 Å². The maximum atomic E-state index is 13.3. The molecule has 0 aliphatic carbocycles. The maximum Gasteiger partial charge on any atom is 0.123 e. The number of benzene rings is 1. The van der Waals surface area contributed by atoms with Crippen LogP contribution in [0.2, 0.25) is 0 Å². The van der Waals surface area contributed by atoms with Gasteiger partial charge < -0.3 is 10.2 Å². The van der Waals surface area contributed by atoms with Crippen molar-refractivity contribution in [3.63, 3.8) is 0 Å². The molecule has 0 radical (unpaired) electrons. The van der Waals surface area contributed by atoms with Gasteiger partial charge >= 0.3 is 0 Å². The smallest absolute Gasteiger partial charge is 0.123 e. The van der Waals surface area contributed by atoms with Gasteiger partial charge in [-0.2, -0.15) is 0 Å². The van der Waals surface area contributed by atoms with Gasteiger partial charge in [-0.05, 0) is 64.5 Å². The van der Waals surface area contributed by atoms with Crippen LogP contribution in [0.15, 0.2) is 24.3 Å². The molecule has 1 N–H and O–H groups in total. The van der Waals surface area contributed by atoms with Gasteiger partial charge in [0, 0.05) is 12.1 Å². The van der Waals surface area contributed by atoms with Crippen LogP contribution < -0.4 is 5.32 Å². The normalized spacial score (nSPS) is 13.2. The second-order valence-corrected chi connectivity index (χ2v) is 5.42. The Bertz CT molecular complexity index is 366. The monoisotopic (exact) mass is 266 g/mol. The Kier molecular flexibility index (Phi) is 7.03. The van der Waals surface area contributed by atoms with Crippen molar-refractivity contribution in [3.8, 4) is 0 Å². The Hall–Kier alpha value is -0.930. The van der Waals surface area contributed by atoms with E-state index in [2.05, 4.69) is 38.0 Å². The van der Waals surface area contributed by atoms with E-state index >= 15 is 0 Å². The summed E-state index contributed by atoms with van der Waals surface area (Å²) in [5, 5.41) is 3.51. The quantitative estimate of drug-likeness (QED) is 0.773. The van der Waals surface area contributed by atoms with Gasteiger partial charge in [-0.1, -0.05) is 19.1 Å². The van der Waals surface area contributed by atoms with Crippen molar-refractivity contribution in [1.82, 2.24) is 10.2 Å². The molecule has 0 amide bonds. The first-order valence-electron chi connectivity index (χ1n) is 7.23. The number of hydrogen-bond acceptors (Lipinski definition) is 2. The molecule has 0 saturated heterocycles. The highest BCUT2D eigenvalue weighted by Crippen LogP contribution is 2.18. The van der Waals surface area contributed by atoms with Gasteiger partial charge in [-0.25, -0.2) is 4.39 Å². The van der Waals surface area contributed by atoms with E-state index in [0.29, 0.717) is 6.04 Å². The third-order valence-corrected chi connectivity index (χ3v) is 3.54. The average molecular weight is 266 g/mol. The first-order chi connectivity index (χ1) is 9.04. The molecule has 0 aliphatic heterocycles. The fraction of sp³-hybridized carbons (Fsp3) is 0.625. The first-order valence-corrected chi connectivity index (χ1v) is 7.23. The zero-order valence-electron chi connectivity index (χ0n) is 12.6. The number of halogens is 1. The molecule has 0 spiro atoms. The second-order valence-electron chi connectivity index (χ2n) is 5.42. The van der Waals surface area contributed by atoms with Gasteiger partial charge in [-0.3, -0.25) is 0 Å². The lowest BCUT2D eigenvalue weighted by Crippen LogP contribution is -2.31. The highest BCUT2D eigenvalue weighted by molar-refractivity contribution is 5.20. The van der Waals surface area contributed by atoms with Crippen LogP contribution in [0.1, 0.15) is 45.2 Å². The molecule has 1 aromatic rings. The summed E-state index contributed by atoms with van der Waals surface area (Å²) in [4.78, 5) is 2.32. The van der Waals surface area contributed by atoms with Crippen molar-refractivity contribution >= 4 is 0 Å². The topological polar surface area (TPSA) is 15.3 Å². The third-order valence-electron chi connectivity index (χ3n) is 3.54. The van der Waals surface area contributed by atoms with Gasteiger partial charge in [-0.15, -0.1) is 0 Å². The molecule has 108 valence electrons. The molecule has 1 rings (SSSR count). The van der Waals surface area contributed by atoms with E-state index < -0.39 is 0 Å². The Morgan fingerprint density at radius 2 is 2.05 bits per heavy atom. The molecule has 1 aromatic carbocycles. The number of hydrogen-bond donors (Lipinski definition) is 1. The Balaban J connectivity index is 2.66. The lowest BCUT2D eigenvalue weighted by molar-refractivity contribution is 0.256. The molecule has 0 bridgehead atoms. The molecule has 0 aromatic heterocycles. The number of rotatable bonds is 8. The van der Waals surface area contributed by atoms with E-state index in [1.54, 1.807) is 12.1 Å². The summed E-state index contributed by atoms with van der Waals surface area (Å²) in [6.07, 6.45) is 2.09. The zero-order chi connectivity index (χ0) is 14.3. The summed E-state index contributed by atoms with van der Waals surface area (Å²) in [6.45, 7) is 8.51. The van der Waals surface area contributed by atoms with E-state index in [1.165, 1.54) is 6.07 Å². The zero-order valence-corrected chi connectivity index (χ0v) is 12.6. The predicted molar refractivity (Wildman–Crippen MR) is 79.8 cm³/mol. The van der Waals surface area contributed by atoms with E-state index in [0.717, 1.165) is 31.5 Å². The summed E-state index contributed by atoms with van der Waals surface area (Å²) >= 11 is 0. The van der Waals surface area contributed by atoms with E-state index in [9.17, 15) is 4.39 Å². The third kappa shape index (κ3) is 5.70. The standard InChI is InChI=1S/C16H27FN2/c1-5-10-18-16(9-11-19(4)13(2)3)14-7-6-8-15(17)12-14/h6-8,12-13,16,18H,5,9-11H2,1-4H3. The molecule has 1 unspecified atom stereocenters. The molecular weight excluding hydrogens is 239 g/mol. The molecule has 0 saturated carbocycles. The van der Waals surface area contributed by atoms with Crippen LogP contribution in [0, 0.1) is 5.82 Å². The van der Waals surface area contributed by atoms with Gasteiger partial charge in [0.05, 0.1) is 0 Å². The van der Waals surface area contributed by atoms with Crippen molar-refractivity contribution in [2.24, 2.45) is 0 Å². The van der Waals surface area contributed by atoms with Crippen LogP contribution in [-0.2, 0) is 0 Å².